The number of hydrogen-bond donors (Lipinski definition) is 4. The maximum absolute atomic E-state index is 12.1. The first-order valence-corrected chi connectivity index (χ1v) is 9.35. The Morgan fingerprint density at radius 2 is 2.21 bits per heavy atom. The van der Waals surface area contributed by atoms with Crippen LogP contribution in [-0.2, 0) is 9.53 Å². The van der Waals surface area contributed by atoms with Crippen molar-refractivity contribution in [2.75, 3.05) is 18.2 Å². The predicted octanol–water partition coefficient (Wildman–Crippen LogP) is -0.466. The number of nitrogen functional groups attached to an aromatic ring is 1. The number of halogens is 1. The van der Waals surface area contributed by atoms with Crippen LogP contribution >= 0.6 is 11.6 Å². The number of fused-ring (bicyclic) bond motifs is 1. The summed E-state index contributed by atoms with van der Waals surface area (Å²) in [6.45, 7) is 2.11. The van der Waals surface area contributed by atoms with Gasteiger partial charge in [0.15, 0.2) is 23.8 Å². The molecule has 3 rings (SSSR count). The molecule has 0 saturated carbocycles. The number of anilines is 1. The zero-order chi connectivity index (χ0) is 20.3. The highest BCUT2D eigenvalue weighted by molar-refractivity contribution is 6.17. The van der Waals surface area contributed by atoms with Gasteiger partial charge in [-0.15, -0.1) is 11.6 Å². The fraction of sp³-hybridized carbons (Fsp3) is 0.529. The van der Waals surface area contributed by atoms with Crippen LogP contribution in [0.2, 0.25) is 0 Å². The minimum absolute atomic E-state index is 0.124. The number of imidazole rings is 1. The molecule has 3 heterocycles. The van der Waals surface area contributed by atoms with Crippen LogP contribution in [0.3, 0.4) is 0 Å². The molecule has 28 heavy (non-hydrogen) atoms. The number of aliphatic hydroxyl groups is 2. The lowest BCUT2D eigenvalue weighted by Gasteiger charge is -2.16. The maximum Gasteiger partial charge on any atom is 0.252 e. The molecule has 1 aliphatic rings. The van der Waals surface area contributed by atoms with Gasteiger partial charge in [-0.1, -0.05) is 5.92 Å². The Bertz CT molecular complexity index is 923. The van der Waals surface area contributed by atoms with E-state index in [1.165, 1.54) is 10.9 Å². The molecule has 2 aromatic heterocycles. The second kappa shape index (κ2) is 8.70. The number of aliphatic hydroxyl groups excluding tert-OH is 2. The average Bonchev–Trinajstić information content (AvgIpc) is 3.21. The fourth-order valence-corrected chi connectivity index (χ4v) is 2.99. The lowest BCUT2D eigenvalue weighted by atomic mass is 10.1. The number of nitrogens with two attached hydrogens (primary N) is 1. The summed E-state index contributed by atoms with van der Waals surface area (Å²) in [4.78, 5) is 24.6. The van der Waals surface area contributed by atoms with Gasteiger partial charge in [0.25, 0.3) is 5.91 Å². The number of ether oxygens (including phenoxy) is 1. The molecule has 0 aliphatic carbocycles. The highest BCUT2D eigenvalue weighted by atomic mass is 35.5. The molecule has 11 heteroatoms. The molecule has 10 nitrogen and oxygen atoms in total. The zero-order valence-corrected chi connectivity index (χ0v) is 15.9. The van der Waals surface area contributed by atoms with E-state index >= 15 is 0 Å². The number of unbranched alkanes of at least 4 members (excludes halogenated alkanes) is 1. The van der Waals surface area contributed by atoms with Gasteiger partial charge in [-0.05, 0) is 19.3 Å². The molecule has 0 unspecified atom stereocenters. The first-order chi connectivity index (χ1) is 13.5. The lowest BCUT2D eigenvalue weighted by molar-refractivity contribution is -0.137. The van der Waals surface area contributed by atoms with E-state index in [4.69, 9.17) is 22.1 Å². The highest BCUT2D eigenvalue weighted by Crippen LogP contribution is 2.32. The van der Waals surface area contributed by atoms with Gasteiger partial charge in [-0.25, -0.2) is 15.0 Å². The van der Waals surface area contributed by atoms with E-state index in [9.17, 15) is 15.0 Å². The topological polar surface area (TPSA) is 148 Å². The Kier molecular flexibility index (Phi) is 6.31. The van der Waals surface area contributed by atoms with Crippen LogP contribution in [0.4, 0.5) is 5.82 Å². The van der Waals surface area contributed by atoms with Gasteiger partial charge in [0.2, 0.25) is 5.82 Å². The second-order valence-corrected chi connectivity index (χ2v) is 6.55. The van der Waals surface area contributed by atoms with Crippen molar-refractivity contribution >= 4 is 34.5 Å². The SMILES string of the molecule is CCNC(=O)[C@H]1O[C@@H](n2cnc3c(N)nc(C#CCCCCl)nc32)[C@H](O)[C@@H]1O. The molecule has 2 aromatic rings. The van der Waals surface area contributed by atoms with Crippen molar-refractivity contribution < 1.29 is 19.7 Å². The third-order valence-corrected chi connectivity index (χ3v) is 4.47. The highest BCUT2D eigenvalue weighted by Gasteiger charge is 2.47. The van der Waals surface area contributed by atoms with Gasteiger partial charge in [0.05, 0.1) is 6.33 Å². The van der Waals surface area contributed by atoms with Crippen LogP contribution in [0.15, 0.2) is 6.33 Å². The van der Waals surface area contributed by atoms with E-state index in [0.29, 0.717) is 24.4 Å². The molecule has 150 valence electrons. The third-order valence-electron chi connectivity index (χ3n) is 4.21. The number of carbonyl (C=O) groups excluding carboxylic acids is 1. The molecule has 0 bridgehead atoms. The maximum atomic E-state index is 12.1. The molecule has 4 atom stereocenters. The Hall–Kier alpha value is -2.45. The quantitative estimate of drug-likeness (QED) is 0.295. The number of likely N-dealkylation sites (N-methyl/N-ethyl adjacent to an activating group) is 1. The van der Waals surface area contributed by atoms with E-state index in [2.05, 4.69) is 32.1 Å². The molecule has 1 saturated heterocycles. The third kappa shape index (κ3) is 3.88. The minimum Gasteiger partial charge on any atom is -0.387 e. The van der Waals surface area contributed by atoms with Crippen molar-refractivity contribution in [3.8, 4) is 11.8 Å². The van der Waals surface area contributed by atoms with Gasteiger partial charge in [0.1, 0.15) is 17.7 Å². The lowest BCUT2D eigenvalue weighted by Crippen LogP contribution is -2.42. The van der Waals surface area contributed by atoms with E-state index in [0.717, 1.165) is 6.42 Å². The molecule has 5 N–H and O–H groups in total. The number of rotatable bonds is 5. The van der Waals surface area contributed by atoms with Crippen molar-refractivity contribution in [1.82, 2.24) is 24.8 Å². The molecule has 1 amide bonds. The van der Waals surface area contributed by atoms with E-state index in [1.807, 2.05) is 0 Å². The van der Waals surface area contributed by atoms with E-state index in [1.54, 1.807) is 6.92 Å². The largest absolute Gasteiger partial charge is 0.387 e. The summed E-state index contributed by atoms with van der Waals surface area (Å²) in [5, 5.41) is 23.2. The molecule has 1 aliphatic heterocycles. The number of aromatic nitrogens is 4. The van der Waals surface area contributed by atoms with Crippen LogP contribution in [0.1, 0.15) is 31.8 Å². The van der Waals surface area contributed by atoms with Gasteiger partial charge < -0.3 is 26.0 Å². The standard InChI is InChI=1S/C17H21ClN6O4/c1-2-20-16(27)13-11(25)12(26)17(28-13)24-8-21-10-14(19)22-9(23-15(10)24)6-4-3-5-7-18/h8,11-13,17,25-26H,2-3,5,7H2,1H3,(H,20,27)(H2,19,22,23)/t11-,12+,13-,17+/m0/s1. The minimum atomic E-state index is -1.40. The molecule has 0 radical (unpaired) electrons. The Morgan fingerprint density at radius 3 is 2.93 bits per heavy atom. The van der Waals surface area contributed by atoms with Crippen molar-refractivity contribution in [2.45, 2.75) is 44.3 Å². The Morgan fingerprint density at radius 1 is 1.43 bits per heavy atom. The monoisotopic (exact) mass is 408 g/mol. The number of alkyl halides is 1. The molecule has 0 aromatic carbocycles. The van der Waals surface area contributed by atoms with E-state index < -0.39 is 30.4 Å². The summed E-state index contributed by atoms with van der Waals surface area (Å²) in [5.41, 5.74) is 6.53. The van der Waals surface area contributed by atoms with Crippen molar-refractivity contribution in [3.63, 3.8) is 0 Å². The number of amides is 1. The summed E-state index contributed by atoms with van der Waals surface area (Å²) in [5.74, 6) is 6.03. The number of nitrogens with zero attached hydrogens (tertiary/aromatic N) is 4. The first kappa shape index (κ1) is 20.3. The van der Waals surface area contributed by atoms with Crippen LogP contribution in [0, 0.1) is 11.8 Å². The zero-order valence-electron chi connectivity index (χ0n) is 15.2. The Balaban J connectivity index is 1.93. The molecular weight excluding hydrogens is 388 g/mol. The predicted molar refractivity (Wildman–Crippen MR) is 101 cm³/mol. The van der Waals surface area contributed by atoms with Gasteiger partial charge in [0, 0.05) is 18.8 Å². The summed E-state index contributed by atoms with van der Waals surface area (Å²) in [6, 6.07) is 0. The number of nitrogens with one attached hydrogen (secondary N) is 1. The van der Waals surface area contributed by atoms with Gasteiger partial charge >= 0.3 is 0 Å². The number of carbonyl (C=O) groups is 1. The summed E-state index contributed by atoms with van der Waals surface area (Å²) in [6.07, 6.45) is -2.35. The molecule has 1 fully saturated rings. The summed E-state index contributed by atoms with van der Waals surface area (Å²) >= 11 is 5.63. The smallest absolute Gasteiger partial charge is 0.252 e. The van der Waals surface area contributed by atoms with Gasteiger partial charge in [-0.3, -0.25) is 9.36 Å². The average molecular weight is 409 g/mol. The van der Waals surface area contributed by atoms with E-state index in [-0.39, 0.29) is 17.3 Å². The van der Waals surface area contributed by atoms with Crippen LogP contribution < -0.4 is 11.1 Å². The van der Waals surface area contributed by atoms with Crippen LogP contribution in [0.5, 0.6) is 0 Å². The van der Waals surface area contributed by atoms with Crippen molar-refractivity contribution in [2.24, 2.45) is 0 Å². The van der Waals surface area contributed by atoms with Crippen LogP contribution in [0.25, 0.3) is 11.2 Å². The Labute approximate surface area is 166 Å². The second-order valence-electron chi connectivity index (χ2n) is 6.17. The molecular formula is C17H21ClN6O4. The van der Waals surface area contributed by atoms with Crippen LogP contribution in [-0.4, -0.2) is 66.4 Å². The first-order valence-electron chi connectivity index (χ1n) is 8.82. The fourth-order valence-electron chi connectivity index (χ4n) is 2.86. The van der Waals surface area contributed by atoms with Crippen molar-refractivity contribution in [1.29, 1.82) is 0 Å². The summed E-state index contributed by atoms with van der Waals surface area (Å²) in [7, 11) is 0. The summed E-state index contributed by atoms with van der Waals surface area (Å²) < 4.78 is 7.01. The van der Waals surface area contributed by atoms with Gasteiger partial charge in [-0.2, -0.15) is 0 Å². The number of hydrogen-bond acceptors (Lipinski definition) is 8. The molecule has 0 spiro atoms. The van der Waals surface area contributed by atoms with Crippen molar-refractivity contribution in [3.05, 3.63) is 12.2 Å². The normalized spacial score (nSPS) is 24.1.